The average molecular weight is 480 g/mol. The van der Waals surface area contributed by atoms with E-state index >= 15 is 0 Å². The van der Waals surface area contributed by atoms with Crippen LogP contribution >= 0.6 is 0 Å². The Morgan fingerprint density at radius 3 is 2.63 bits per heavy atom. The third kappa shape index (κ3) is 5.55. The van der Waals surface area contributed by atoms with E-state index in [0.29, 0.717) is 43.1 Å². The van der Waals surface area contributed by atoms with Gasteiger partial charge in [-0.05, 0) is 62.6 Å². The Labute approximate surface area is 206 Å². The van der Waals surface area contributed by atoms with E-state index in [0.717, 1.165) is 25.2 Å². The number of likely N-dealkylation sites (tertiary alicyclic amines) is 1. The van der Waals surface area contributed by atoms with Crippen LogP contribution < -0.4 is 4.74 Å². The molecule has 0 bridgehead atoms. The molecule has 186 valence electrons. The highest BCUT2D eigenvalue weighted by molar-refractivity contribution is 6.46. The number of pyridine rings is 1. The minimum absolute atomic E-state index is 0.0159. The molecule has 2 fully saturated rings. The summed E-state index contributed by atoms with van der Waals surface area (Å²) in [7, 11) is 0. The number of aryl methyl sites for hydroxylation is 1. The molecule has 1 amide bonds. The Balaban J connectivity index is 1.66. The van der Waals surface area contributed by atoms with Crippen LogP contribution in [-0.4, -0.2) is 77.1 Å². The Morgan fingerprint density at radius 1 is 1.20 bits per heavy atom. The molecule has 4 rings (SSSR count). The monoisotopic (exact) mass is 479 g/mol. The van der Waals surface area contributed by atoms with Crippen LogP contribution in [0.2, 0.25) is 0 Å². The maximum Gasteiger partial charge on any atom is 0.295 e. The van der Waals surface area contributed by atoms with Crippen LogP contribution in [0, 0.1) is 6.92 Å². The van der Waals surface area contributed by atoms with Crippen LogP contribution in [0.15, 0.2) is 48.3 Å². The molecule has 0 radical (unpaired) electrons. The molecule has 0 aliphatic carbocycles. The smallest absolute Gasteiger partial charge is 0.295 e. The predicted octanol–water partition coefficient (Wildman–Crippen LogP) is 3.32. The number of amides is 1. The van der Waals surface area contributed by atoms with Gasteiger partial charge in [0.1, 0.15) is 11.5 Å². The SMILES string of the molecule is Cc1cc(OC(C)C)ccc1/C(O)=C1/C(=O)C(=O)N(CCCN2CCOCC2)C1c1cccnc1. The number of rotatable bonds is 8. The van der Waals surface area contributed by atoms with Crippen LogP contribution in [0.3, 0.4) is 0 Å². The number of ether oxygens (including phenoxy) is 2. The molecule has 3 heterocycles. The second-order valence-corrected chi connectivity index (χ2v) is 9.23. The predicted molar refractivity (Wildman–Crippen MR) is 132 cm³/mol. The summed E-state index contributed by atoms with van der Waals surface area (Å²) in [4.78, 5) is 34.4. The molecule has 8 heteroatoms. The second kappa shape index (κ2) is 11.0. The van der Waals surface area contributed by atoms with Crippen LogP contribution in [0.25, 0.3) is 5.76 Å². The van der Waals surface area contributed by atoms with Crippen LogP contribution in [-0.2, 0) is 14.3 Å². The first-order valence-electron chi connectivity index (χ1n) is 12.1. The first-order valence-corrected chi connectivity index (χ1v) is 12.1. The number of hydrogen-bond donors (Lipinski definition) is 1. The molecule has 1 unspecified atom stereocenters. The minimum Gasteiger partial charge on any atom is -0.507 e. The zero-order valence-corrected chi connectivity index (χ0v) is 20.6. The van der Waals surface area contributed by atoms with Gasteiger partial charge in [0.05, 0.1) is 30.9 Å². The highest BCUT2D eigenvalue weighted by Crippen LogP contribution is 2.40. The molecule has 1 N–H and O–H groups in total. The number of aromatic nitrogens is 1. The summed E-state index contributed by atoms with van der Waals surface area (Å²) in [6.45, 7) is 10.1. The second-order valence-electron chi connectivity index (χ2n) is 9.23. The van der Waals surface area contributed by atoms with E-state index in [9.17, 15) is 14.7 Å². The summed E-state index contributed by atoms with van der Waals surface area (Å²) in [5, 5.41) is 11.3. The van der Waals surface area contributed by atoms with Crippen molar-refractivity contribution in [3.63, 3.8) is 0 Å². The topological polar surface area (TPSA) is 92.2 Å². The maximum absolute atomic E-state index is 13.2. The van der Waals surface area contributed by atoms with E-state index in [1.54, 1.807) is 35.5 Å². The van der Waals surface area contributed by atoms with E-state index in [1.165, 1.54) is 0 Å². The largest absolute Gasteiger partial charge is 0.507 e. The molecule has 1 aromatic carbocycles. The van der Waals surface area contributed by atoms with Crippen LogP contribution in [0.4, 0.5) is 0 Å². The Kier molecular flexibility index (Phi) is 7.83. The minimum atomic E-state index is -0.695. The molecule has 2 aromatic rings. The molecule has 2 saturated heterocycles. The summed E-state index contributed by atoms with van der Waals surface area (Å²) in [5.41, 5.74) is 2.04. The summed E-state index contributed by atoms with van der Waals surface area (Å²) < 4.78 is 11.2. The number of carbonyl (C=O) groups excluding carboxylic acids is 2. The van der Waals surface area contributed by atoms with Gasteiger partial charge in [0.15, 0.2) is 0 Å². The Bertz CT molecular complexity index is 1090. The van der Waals surface area contributed by atoms with Gasteiger partial charge in [-0.1, -0.05) is 6.07 Å². The van der Waals surface area contributed by atoms with E-state index in [1.807, 2.05) is 32.9 Å². The van der Waals surface area contributed by atoms with Gasteiger partial charge in [0.2, 0.25) is 0 Å². The summed E-state index contributed by atoms with van der Waals surface area (Å²) in [6.07, 6.45) is 4.02. The van der Waals surface area contributed by atoms with Crippen molar-refractivity contribution in [2.24, 2.45) is 0 Å². The third-order valence-electron chi connectivity index (χ3n) is 6.34. The van der Waals surface area contributed by atoms with E-state index in [2.05, 4.69) is 9.88 Å². The molecule has 8 nitrogen and oxygen atoms in total. The van der Waals surface area contributed by atoms with Crippen molar-refractivity contribution in [3.05, 3.63) is 65.0 Å². The van der Waals surface area contributed by atoms with E-state index in [4.69, 9.17) is 9.47 Å². The zero-order valence-electron chi connectivity index (χ0n) is 20.6. The number of aliphatic hydroxyl groups excluding tert-OH is 1. The van der Waals surface area contributed by atoms with Gasteiger partial charge < -0.3 is 19.5 Å². The van der Waals surface area contributed by atoms with Gasteiger partial charge in [0, 0.05) is 44.1 Å². The lowest BCUT2D eigenvalue weighted by Crippen LogP contribution is -2.39. The Morgan fingerprint density at radius 2 is 1.97 bits per heavy atom. The molecular weight excluding hydrogens is 446 g/mol. The van der Waals surface area contributed by atoms with Gasteiger partial charge in [-0.15, -0.1) is 0 Å². The number of nitrogens with zero attached hydrogens (tertiary/aromatic N) is 3. The van der Waals surface area contributed by atoms with E-state index in [-0.39, 0.29) is 17.4 Å². The van der Waals surface area contributed by atoms with Gasteiger partial charge in [-0.25, -0.2) is 0 Å². The first kappa shape index (κ1) is 24.9. The fourth-order valence-corrected chi connectivity index (χ4v) is 4.68. The van der Waals surface area contributed by atoms with Crippen molar-refractivity contribution in [2.45, 2.75) is 39.3 Å². The molecule has 2 aliphatic rings. The van der Waals surface area contributed by atoms with Crippen molar-refractivity contribution in [1.82, 2.24) is 14.8 Å². The van der Waals surface area contributed by atoms with Gasteiger partial charge in [0.25, 0.3) is 11.7 Å². The summed E-state index contributed by atoms with van der Waals surface area (Å²) in [6, 6.07) is 8.23. The molecule has 2 aliphatic heterocycles. The fourth-order valence-electron chi connectivity index (χ4n) is 4.68. The highest BCUT2D eigenvalue weighted by atomic mass is 16.5. The van der Waals surface area contributed by atoms with Crippen molar-refractivity contribution >= 4 is 17.4 Å². The normalized spacial score (nSPS) is 20.6. The van der Waals surface area contributed by atoms with Gasteiger partial charge >= 0.3 is 0 Å². The zero-order chi connectivity index (χ0) is 24.9. The highest BCUT2D eigenvalue weighted by Gasteiger charge is 2.46. The lowest BCUT2D eigenvalue weighted by Gasteiger charge is -2.29. The number of ketones is 1. The number of hydrogen-bond acceptors (Lipinski definition) is 7. The Hall–Kier alpha value is -3.23. The molecule has 0 saturated carbocycles. The summed E-state index contributed by atoms with van der Waals surface area (Å²) >= 11 is 0. The summed E-state index contributed by atoms with van der Waals surface area (Å²) in [5.74, 6) is -0.771. The molecule has 1 atom stereocenters. The number of Topliss-reactive ketones (excluding diaryl/α,β-unsaturated/α-hetero) is 1. The lowest BCUT2D eigenvalue weighted by atomic mass is 9.94. The molecule has 1 aromatic heterocycles. The van der Waals surface area contributed by atoms with E-state index < -0.39 is 17.7 Å². The van der Waals surface area contributed by atoms with Crippen LogP contribution in [0.1, 0.15) is 43.0 Å². The average Bonchev–Trinajstić information content (AvgIpc) is 3.10. The first-order chi connectivity index (χ1) is 16.9. The molecule has 35 heavy (non-hydrogen) atoms. The van der Waals surface area contributed by atoms with Crippen molar-refractivity contribution in [1.29, 1.82) is 0 Å². The van der Waals surface area contributed by atoms with Gasteiger partial charge in [-0.3, -0.25) is 19.5 Å². The van der Waals surface area contributed by atoms with Crippen molar-refractivity contribution in [2.75, 3.05) is 39.4 Å². The molecule has 0 spiro atoms. The number of morpholine rings is 1. The lowest BCUT2D eigenvalue weighted by molar-refractivity contribution is -0.140. The number of carbonyl (C=O) groups is 2. The quantitative estimate of drug-likeness (QED) is 0.353. The van der Waals surface area contributed by atoms with Crippen molar-refractivity contribution in [3.8, 4) is 5.75 Å². The third-order valence-corrected chi connectivity index (χ3v) is 6.34. The maximum atomic E-state index is 13.2. The van der Waals surface area contributed by atoms with Crippen LogP contribution in [0.5, 0.6) is 5.75 Å². The standard InChI is InChI=1S/C27H33N3O5/c1-18(2)35-21-7-8-22(19(3)16-21)25(31)23-24(20-6-4-9-28-17-20)30(27(33)26(23)32)11-5-10-29-12-14-34-15-13-29/h4,6-9,16-18,24,31H,5,10-15H2,1-3H3/b25-23-. The number of benzene rings is 1. The molecular formula is C27H33N3O5. The van der Waals surface area contributed by atoms with Gasteiger partial charge in [-0.2, -0.15) is 0 Å². The fraction of sp³-hybridized carbons (Fsp3) is 0.444. The number of aliphatic hydroxyl groups is 1. The van der Waals surface area contributed by atoms with Crippen molar-refractivity contribution < 1.29 is 24.2 Å².